The molecular weight excluding hydrogens is 833 g/mol. The van der Waals surface area contributed by atoms with Crippen molar-refractivity contribution in [1.29, 1.82) is 0 Å². The minimum absolute atomic E-state index is 0.0428. The Kier molecular flexibility index (Phi) is 14.1. The van der Waals surface area contributed by atoms with Crippen molar-refractivity contribution in [2.45, 2.75) is 108 Å². The fourth-order valence-electron chi connectivity index (χ4n) is 8.29. The lowest BCUT2D eigenvalue weighted by Crippen LogP contribution is -2.55. The van der Waals surface area contributed by atoms with E-state index in [9.17, 15) is 29.4 Å². The predicted molar refractivity (Wildman–Crippen MR) is 235 cm³/mol. The van der Waals surface area contributed by atoms with Crippen LogP contribution >= 0.6 is 12.2 Å². The quantitative estimate of drug-likeness (QED) is 0.0475. The molecule has 5 heterocycles. The average molecular weight is 887 g/mol. The average Bonchev–Trinajstić information content (AvgIpc) is 3.62. The second-order valence-electron chi connectivity index (χ2n) is 16.4. The van der Waals surface area contributed by atoms with E-state index in [-0.39, 0.29) is 60.3 Å². The van der Waals surface area contributed by atoms with Gasteiger partial charge in [0, 0.05) is 29.3 Å². The van der Waals surface area contributed by atoms with Crippen molar-refractivity contribution >= 4 is 51.8 Å². The maximum atomic E-state index is 14.4. The maximum absolute atomic E-state index is 14.4. The summed E-state index contributed by atoms with van der Waals surface area (Å²) in [4.78, 5) is 61.3. The number of carbonyl (C=O) groups excluding carboxylic acids is 3. The summed E-state index contributed by atoms with van der Waals surface area (Å²) < 4.78 is 29.8. The van der Waals surface area contributed by atoms with Crippen LogP contribution in [0.4, 0.5) is 5.69 Å². The molecule has 0 spiro atoms. The van der Waals surface area contributed by atoms with Crippen LogP contribution < -0.4 is 32.0 Å². The number of amides is 1. The van der Waals surface area contributed by atoms with Gasteiger partial charge in [-0.25, -0.2) is 14.6 Å². The Bertz CT molecular complexity index is 2410. The highest BCUT2D eigenvalue weighted by atomic mass is 32.1. The SMILES string of the molecule is CC[C@@]1(OC(=O)[C@@H](CC(C)C)NC(=O)C(CCCCN)NC(=S)Nc2ccc(O[C@H]3OC[C@@H](O)[C@@H](OC)C3O)cc2)C(=O)OCc2c1cc1n(c2=O)Cc2cc3ccccc3nc2-1. The lowest BCUT2D eigenvalue weighted by Gasteiger charge is -2.37. The van der Waals surface area contributed by atoms with Crippen LogP contribution in [0.3, 0.4) is 0 Å². The van der Waals surface area contributed by atoms with Crippen molar-refractivity contribution in [2.75, 3.05) is 25.6 Å². The van der Waals surface area contributed by atoms with Gasteiger partial charge in [-0.1, -0.05) is 39.0 Å². The van der Waals surface area contributed by atoms with Crippen LogP contribution in [0, 0.1) is 5.92 Å². The largest absolute Gasteiger partial charge is 0.462 e. The summed E-state index contributed by atoms with van der Waals surface area (Å²) >= 11 is 5.62. The van der Waals surface area contributed by atoms with E-state index in [1.54, 1.807) is 41.8 Å². The zero-order chi connectivity index (χ0) is 45.0. The molecule has 0 saturated carbocycles. The number of aliphatic hydroxyl groups is 2. The van der Waals surface area contributed by atoms with E-state index in [1.165, 1.54) is 7.11 Å². The van der Waals surface area contributed by atoms with Crippen LogP contribution in [-0.4, -0.2) is 99.7 Å². The van der Waals surface area contributed by atoms with Gasteiger partial charge in [0.05, 0.1) is 35.6 Å². The summed E-state index contributed by atoms with van der Waals surface area (Å²) in [7, 11) is 1.38. The Labute approximate surface area is 369 Å². The highest BCUT2D eigenvalue weighted by Gasteiger charge is 2.51. The van der Waals surface area contributed by atoms with Crippen LogP contribution in [0.25, 0.3) is 22.3 Å². The van der Waals surface area contributed by atoms with Gasteiger partial charge >= 0.3 is 11.9 Å². The second-order valence-corrected chi connectivity index (χ2v) is 16.8. The molecule has 0 radical (unpaired) electrons. The van der Waals surface area contributed by atoms with Gasteiger partial charge in [-0.3, -0.25) is 9.59 Å². The smallest absolute Gasteiger partial charge is 0.355 e. The maximum Gasteiger partial charge on any atom is 0.355 e. The van der Waals surface area contributed by atoms with Crippen molar-refractivity contribution < 1.29 is 48.3 Å². The van der Waals surface area contributed by atoms with Crippen molar-refractivity contribution in [2.24, 2.45) is 11.7 Å². The number of benzene rings is 2. The van der Waals surface area contributed by atoms with Gasteiger partial charge in [0.15, 0.2) is 5.11 Å². The van der Waals surface area contributed by atoms with Crippen molar-refractivity contribution in [3.8, 4) is 17.1 Å². The van der Waals surface area contributed by atoms with Gasteiger partial charge in [0.1, 0.15) is 42.8 Å². The van der Waals surface area contributed by atoms with Crippen LogP contribution in [0.15, 0.2) is 65.5 Å². The molecular formula is C45H54N6O11S. The molecule has 1 fully saturated rings. The number of aromatic nitrogens is 2. The third-order valence-corrected chi connectivity index (χ3v) is 11.8. The molecule has 7 N–H and O–H groups in total. The summed E-state index contributed by atoms with van der Waals surface area (Å²) in [5, 5.41) is 30.6. The standard InChI is InChI=1S/C45H54N6O11S/c1-5-45(30-20-34-36-26(19-25-10-6-7-11-31(25)48-36)21-51(34)40(55)29(30)22-60-43(45)57)62-41(56)33(18-24(2)3)49-39(54)32(12-8-9-17-46)50-44(63)47-27-13-15-28(16-14-27)61-42-37(53)38(58-4)35(52)23-59-42/h6-7,10-11,13-16,19-20,24,32-33,35,37-38,42,52-53H,5,8-9,12,17-18,21-23,46H2,1-4H3,(H,49,54)(H2,47,50,63)/t32?,33-,35-,37?,38-,42-,45+/m1/s1. The van der Waals surface area contributed by atoms with E-state index in [2.05, 4.69) is 16.0 Å². The molecule has 2 aromatic heterocycles. The monoisotopic (exact) mass is 886 g/mol. The molecule has 7 atom stereocenters. The summed E-state index contributed by atoms with van der Waals surface area (Å²) in [5.74, 6) is -1.92. The number of thiocarbonyl (C=S) groups is 1. The van der Waals surface area contributed by atoms with Crippen molar-refractivity contribution in [3.05, 3.63) is 87.7 Å². The predicted octanol–water partition coefficient (Wildman–Crippen LogP) is 3.12. The number of pyridine rings is 2. The number of nitrogens with two attached hydrogens (primary N) is 1. The molecule has 3 aliphatic heterocycles. The van der Waals surface area contributed by atoms with Gasteiger partial charge < -0.3 is 60.1 Å². The number of methoxy groups -OCH3 is 1. The fourth-order valence-corrected chi connectivity index (χ4v) is 8.55. The normalized spacial score (nSPS) is 22.3. The Hall–Kier alpha value is -5.50. The molecule has 7 rings (SSSR count). The highest BCUT2D eigenvalue weighted by Crippen LogP contribution is 2.41. The third-order valence-electron chi connectivity index (χ3n) is 11.6. The van der Waals surface area contributed by atoms with Crippen LogP contribution in [0.2, 0.25) is 0 Å². The number of anilines is 1. The Balaban J connectivity index is 1.07. The number of ether oxygens (including phenoxy) is 5. The second kappa shape index (κ2) is 19.5. The first-order valence-electron chi connectivity index (χ1n) is 21.2. The minimum Gasteiger partial charge on any atom is -0.462 e. The highest BCUT2D eigenvalue weighted by molar-refractivity contribution is 7.80. The lowest BCUT2D eigenvalue weighted by molar-refractivity contribution is -0.247. The molecule has 18 heteroatoms. The minimum atomic E-state index is -1.97. The lowest BCUT2D eigenvalue weighted by atomic mass is 9.85. The number of cyclic esters (lactones) is 1. The van der Waals surface area contributed by atoms with Gasteiger partial charge in [0.25, 0.3) is 5.56 Å². The van der Waals surface area contributed by atoms with E-state index < -0.39 is 60.1 Å². The van der Waals surface area contributed by atoms with E-state index in [0.29, 0.717) is 48.6 Å². The van der Waals surface area contributed by atoms with E-state index in [0.717, 1.165) is 16.5 Å². The summed E-state index contributed by atoms with van der Waals surface area (Å²) in [6, 6.07) is 15.9. The van der Waals surface area contributed by atoms with Crippen LogP contribution in [0.1, 0.15) is 69.6 Å². The topological polar surface area (TPSA) is 235 Å². The summed E-state index contributed by atoms with van der Waals surface area (Å²) in [5.41, 5.74) is 7.15. The summed E-state index contributed by atoms with van der Waals surface area (Å²) in [6.07, 6.45) is -2.51. The number of hydrogen-bond donors (Lipinski definition) is 6. The Morgan fingerprint density at radius 2 is 1.83 bits per heavy atom. The number of para-hydroxylation sites is 1. The molecule has 1 amide bonds. The van der Waals surface area contributed by atoms with E-state index in [1.807, 2.05) is 44.2 Å². The fraction of sp³-hybridized carbons (Fsp3) is 0.467. The number of unbranched alkanes of at least 4 members (excludes halogenated alkanes) is 1. The zero-order valence-corrected chi connectivity index (χ0v) is 36.4. The van der Waals surface area contributed by atoms with Gasteiger partial charge in [-0.05, 0) is 99.2 Å². The van der Waals surface area contributed by atoms with E-state index >= 15 is 0 Å². The Morgan fingerprint density at radius 3 is 2.54 bits per heavy atom. The van der Waals surface area contributed by atoms with Crippen molar-refractivity contribution in [3.63, 3.8) is 0 Å². The Morgan fingerprint density at radius 1 is 1.06 bits per heavy atom. The number of hydrogen-bond acceptors (Lipinski definition) is 14. The molecule has 0 aliphatic carbocycles. The number of rotatable bonds is 16. The number of nitrogens with zero attached hydrogens (tertiary/aromatic N) is 2. The van der Waals surface area contributed by atoms with Gasteiger partial charge in [0.2, 0.25) is 17.8 Å². The number of esters is 2. The van der Waals surface area contributed by atoms with Crippen molar-refractivity contribution in [1.82, 2.24) is 20.2 Å². The molecule has 2 unspecified atom stereocenters. The molecule has 17 nitrogen and oxygen atoms in total. The first-order chi connectivity index (χ1) is 30.3. The van der Waals surface area contributed by atoms with Crippen LogP contribution in [-0.2, 0) is 52.1 Å². The molecule has 336 valence electrons. The van der Waals surface area contributed by atoms with Gasteiger partial charge in [-0.15, -0.1) is 0 Å². The molecule has 4 aromatic rings. The number of aliphatic hydroxyl groups excluding tert-OH is 2. The molecule has 63 heavy (non-hydrogen) atoms. The number of carbonyl (C=O) groups is 3. The zero-order valence-electron chi connectivity index (χ0n) is 35.6. The van der Waals surface area contributed by atoms with Gasteiger partial charge in [-0.2, -0.15) is 0 Å². The van der Waals surface area contributed by atoms with Crippen LogP contribution in [0.5, 0.6) is 5.75 Å². The molecule has 2 aromatic carbocycles. The summed E-state index contributed by atoms with van der Waals surface area (Å²) in [6.45, 7) is 5.80. The molecule has 0 bridgehead atoms. The van der Waals surface area contributed by atoms with E-state index in [4.69, 9.17) is 46.6 Å². The first-order valence-corrected chi connectivity index (χ1v) is 21.6. The number of fused-ring (bicyclic) bond motifs is 5. The molecule has 3 aliphatic rings. The number of nitrogens with one attached hydrogen (secondary N) is 3. The molecule has 1 saturated heterocycles. The third kappa shape index (κ3) is 9.56. The first kappa shape index (κ1) is 45.5.